The van der Waals surface area contributed by atoms with Gasteiger partial charge in [0.1, 0.15) is 5.82 Å². The fraction of sp³-hybridized carbons (Fsp3) is 0.100. The monoisotopic (exact) mass is 218 g/mol. The van der Waals surface area contributed by atoms with Crippen LogP contribution in [0.1, 0.15) is 5.56 Å². The van der Waals surface area contributed by atoms with E-state index in [9.17, 15) is 10.1 Å². The summed E-state index contributed by atoms with van der Waals surface area (Å²) in [6, 6.07) is 6.48. The lowest BCUT2D eigenvalue weighted by Gasteiger charge is -2.05. The summed E-state index contributed by atoms with van der Waals surface area (Å²) in [5.74, 6) is 0.380. The van der Waals surface area contributed by atoms with Gasteiger partial charge in [-0.1, -0.05) is 6.07 Å². The molecule has 0 saturated carbocycles. The molecule has 82 valence electrons. The minimum Gasteiger partial charge on any atom is -0.382 e. The van der Waals surface area contributed by atoms with Gasteiger partial charge in [0.25, 0.3) is 5.69 Å². The Kier molecular flexibility index (Phi) is 2.32. The molecule has 2 rings (SSSR count). The average molecular weight is 218 g/mol. The molecule has 1 aromatic carbocycles. The van der Waals surface area contributed by atoms with Crippen molar-refractivity contribution in [2.24, 2.45) is 0 Å². The maximum atomic E-state index is 10.8. The topological polar surface area (TPSA) is 87.0 Å². The maximum absolute atomic E-state index is 10.8. The summed E-state index contributed by atoms with van der Waals surface area (Å²) >= 11 is 0. The zero-order chi connectivity index (χ0) is 11.7. The van der Waals surface area contributed by atoms with Crippen molar-refractivity contribution >= 4 is 11.5 Å². The summed E-state index contributed by atoms with van der Waals surface area (Å²) in [7, 11) is 0. The number of nitrogen functional groups attached to an aromatic ring is 1. The summed E-state index contributed by atoms with van der Waals surface area (Å²) < 4.78 is 1.53. The van der Waals surface area contributed by atoms with Gasteiger partial charge < -0.3 is 5.73 Å². The van der Waals surface area contributed by atoms with E-state index in [-0.39, 0.29) is 5.69 Å². The van der Waals surface area contributed by atoms with Gasteiger partial charge in [0.15, 0.2) is 0 Å². The molecule has 6 heteroatoms. The molecule has 0 bridgehead atoms. The minimum absolute atomic E-state index is 0.0755. The Morgan fingerprint density at radius 1 is 1.44 bits per heavy atom. The van der Waals surface area contributed by atoms with Crippen molar-refractivity contribution in [1.29, 1.82) is 0 Å². The molecule has 16 heavy (non-hydrogen) atoms. The lowest BCUT2D eigenvalue weighted by molar-refractivity contribution is -0.385. The smallest absolute Gasteiger partial charge is 0.274 e. The minimum atomic E-state index is -0.411. The quantitative estimate of drug-likeness (QED) is 0.613. The van der Waals surface area contributed by atoms with Gasteiger partial charge in [0.2, 0.25) is 0 Å². The second-order valence-corrected chi connectivity index (χ2v) is 3.36. The molecular formula is C10H10N4O2. The zero-order valence-electron chi connectivity index (χ0n) is 8.62. The van der Waals surface area contributed by atoms with Crippen molar-refractivity contribution in [2.75, 3.05) is 5.73 Å². The Balaban J connectivity index is 2.58. The van der Waals surface area contributed by atoms with Gasteiger partial charge in [-0.3, -0.25) is 10.1 Å². The maximum Gasteiger partial charge on any atom is 0.274 e. The number of benzene rings is 1. The first kappa shape index (κ1) is 10.2. The van der Waals surface area contributed by atoms with Crippen LogP contribution in [0.25, 0.3) is 5.69 Å². The molecule has 1 heterocycles. The Hall–Kier alpha value is -2.37. The van der Waals surface area contributed by atoms with Gasteiger partial charge in [0, 0.05) is 18.3 Å². The first-order chi connectivity index (χ1) is 7.59. The van der Waals surface area contributed by atoms with Gasteiger partial charge in [-0.25, -0.2) is 4.68 Å². The van der Waals surface area contributed by atoms with E-state index in [2.05, 4.69) is 5.10 Å². The molecule has 6 nitrogen and oxygen atoms in total. The van der Waals surface area contributed by atoms with E-state index in [0.29, 0.717) is 17.1 Å². The summed E-state index contributed by atoms with van der Waals surface area (Å²) in [5.41, 5.74) is 6.80. The lowest BCUT2D eigenvalue weighted by atomic mass is 10.1. The number of nitrogens with two attached hydrogens (primary N) is 1. The highest BCUT2D eigenvalue weighted by atomic mass is 16.6. The Bertz CT molecular complexity index is 548. The third kappa shape index (κ3) is 1.60. The molecule has 0 aliphatic carbocycles. The Morgan fingerprint density at radius 2 is 2.19 bits per heavy atom. The molecule has 1 aromatic heterocycles. The van der Waals surface area contributed by atoms with Crippen molar-refractivity contribution in [3.8, 4) is 5.69 Å². The molecule has 0 radical (unpaired) electrons. The van der Waals surface area contributed by atoms with Crippen molar-refractivity contribution in [1.82, 2.24) is 9.78 Å². The number of hydrogen-bond donors (Lipinski definition) is 1. The van der Waals surface area contributed by atoms with E-state index >= 15 is 0 Å². The number of anilines is 1. The van der Waals surface area contributed by atoms with Gasteiger partial charge in [-0.05, 0) is 13.0 Å². The molecular weight excluding hydrogens is 208 g/mol. The number of nitro groups is 1. The number of nitro benzene ring substituents is 1. The van der Waals surface area contributed by atoms with E-state index in [1.807, 2.05) is 0 Å². The Morgan fingerprint density at radius 3 is 2.75 bits per heavy atom. The van der Waals surface area contributed by atoms with Crippen LogP contribution in [0, 0.1) is 17.0 Å². The average Bonchev–Trinajstić information content (AvgIpc) is 2.64. The molecule has 0 fully saturated rings. The second-order valence-electron chi connectivity index (χ2n) is 3.36. The van der Waals surface area contributed by atoms with Crippen LogP contribution in [0.4, 0.5) is 11.5 Å². The molecule has 0 amide bonds. The summed E-state index contributed by atoms with van der Waals surface area (Å²) in [6.07, 6.45) is 1.67. The third-order valence-electron chi connectivity index (χ3n) is 2.33. The summed E-state index contributed by atoms with van der Waals surface area (Å²) in [4.78, 5) is 10.4. The van der Waals surface area contributed by atoms with E-state index in [1.54, 1.807) is 31.3 Å². The van der Waals surface area contributed by atoms with Crippen LogP contribution in [0.3, 0.4) is 0 Å². The van der Waals surface area contributed by atoms with Gasteiger partial charge in [-0.15, -0.1) is 0 Å². The van der Waals surface area contributed by atoms with Crippen LogP contribution in [0.15, 0.2) is 30.5 Å². The van der Waals surface area contributed by atoms with Crippen molar-refractivity contribution in [3.05, 3.63) is 46.1 Å². The van der Waals surface area contributed by atoms with E-state index in [4.69, 9.17) is 5.73 Å². The molecule has 0 aliphatic rings. The first-order valence-corrected chi connectivity index (χ1v) is 4.65. The van der Waals surface area contributed by atoms with Crippen LogP contribution >= 0.6 is 0 Å². The predicted octanol–water partition coefficient (Wildman–Crippen LogP) is 1.67. The van der Waals surface area contributed by atoms with Crippen LogP contribution in [0.5, 0.6) is 0 Å². The van der Waals surface area contributed by atoms with Crippen LogP contribution < -0.4 is 5.73 Å². The molecule has 0 saturated heterocycles. The molecule has 0 aliphatic heterocycles. The van der Waals surface area contributed by atoms with E-state index in [1.165, 1.54) is 10.7 Å². The molecule has 2 N–H and O–H groups in total. The fourth-order valence-electron chi connectivity index (χ4n) is 1.53. The number of hydrogen-bond acceptors (Lipinski definition) is 4. The van der Waals surface area contributed by atoms with Crippen LogP contribution in [0.2, 0.25) is 0 Å². The van der Waals surface area contributed by atoms with Gasteiger partial charge in [0.05, 0.1) is 16.2 Å². The normalized spacial score (nSPS) is 10.3. The highest BCUT2D eigenvalue weighted by Crippen LogP contribution is 2.23. The van der Waals surface area contributed by atoms with Crippen molar-refractivity contribution < 1.29 is 4.92 Å². The number of aromatic nitrogens is 2. The van der Waals surface area contributed by atoms with Crippen LogP contribution in [-0.2, 0) is 0 Å². The summed E-state index contributed by atoms with van der Waals surface area (Å²) in [5, 5.41) is 14.8. The Labute approximate surface area is 91.5 Å². The van der Waals surface area contributed by atoms with Gasteiger partial charge >= 0.3 is 0 Å². The standard InChI is InChI=1S/C10H10N4O2/c1-7-8(13-6-5-10(11)12-13)3-2-4-9(7)14(15)16/h2-6H,1H3,(H2,11,12). The van der Waals surface area contributed by atoms with Gasteiger partial charge in [-0.2, -0.15) is 5.10 Å². The third-order valence-corrected chi connectivity index (χ3v) is 2.33. The highest BCUT2D eigenvalue weighted by molar-refractivity contribution is 5.52. The second kappa shape index (κ2) is 3.65. The molecule has 2 aromatic rings. The van der Waals surface area contributed by atoms with Crippen molar-refractivity contribution in [2.45, 2.75) is 6.92 Å². The fourth-order valence-corrected chi connectivity index (χ4v) is 1.53. The molecule has 0 unspecified atom stereocenters. The van der Waals surface area contributed by atoms with Crippen molar-refractivity contribution in [3.63, 3.8) is 0 Å². The largest absolute Gasteiger partial charge is 0.382 e. The van der Waals surface area contributed by atoms with E-state index < -0.39 is 4.92 Å². The molecule has 0 spiro atoms. The first-order valence-electron chi connectivity index (χ1n) is 4.65. The zero-order valence-corrected chi connectivity index (χ0v) is 8.62. The SMILES string of the molecule is Cc1c(-n2ccc(N)n2)cccc1[N+](=O)[O-]. The molecule has 0 atom stereocenters. The summed E-state index contributed by atoms with van der Waals surface area (Å²) in [6.45, 7) is 1.69. The predicted molar refractivity (Wildman–Crippen MR) is 59.4 cm³/mol. The van der Waals surface area contributed by atoms with E-state index in [0.717, 1.165) is 0 Å². The highest BCUT2D eigenvalue weighted by Gasteiger charge is 2.14. The lowest BCUT2D eigenvalue weighted by Crippen LogP contribution is -2.01. The number of rotatable bonds is 2. The van der Waals surface area contributed by atoms with Crippen LogP contribution in [-0.4, -0.2) is 14.7 Å². The number of nitrogens with zero attached hydrogens (tertiary/aromatic N) is 3.